The predicted octanol–water partition coefficient (Wildman–Crippen LogP) is 2.43. The molecule has 0 bridgehead atoms. The quantitative estimate of drug-likeness (QED) is 0.616. The second-order valence-electron chi connectivity index (χ2n) is 3.92. The first-order chi connectivity index (χ1) is 6.87. The minimum Gasteiger partial charge on any atom is -0.466 e. The van der Waals surface area contributed by atoms with Gasteiger partial charge in [0.15, 0.2) is 0 Å². The molecule has 0 aliphatic rings. The molecule has 1 atom stereocenters. The highest BCUT2D eigenvalue weighted by atomic mass is 19.1. The lowest BCUT2D eigenvalue weighted by atomic mass is 9.95. The molecule has 0 N–H and O–H groups in total. The summed E-state index contributed by atoms with van der Waals surface area (Å²) in [5.41, 5.74) is -1.46. The van der Waals surface area contributed by atoms with E-state index in [2.05, 4.69) is 0 Å². The number of carbonyl (C=O) groups is 2. The van der Waals surface area contributed by atoms with Crippen molar-refractivity contribution in [1.82, 2.24) is 0 Å². The topological polar surface area (TPSA) is 43.4 Å². The van der Waals surface area contributed by atoms with Crippen LogP contribution in [-0.2, 0) is 14.3 Å². The van der Waals surface area contributed by atoms with E-state index in [0.717, 1.165) is 0 Å². The molecule has 0 radical (unpaired) electrons. The van der Waals surface area contributed by atoms with Gasteiger partial charge in [0.05, 0.1) is 6.61 Å². The number of halogens is 1. The number of hydrogen-bond donors (Lipinski definition) is 0. The minimum absolute atomic E-state index is 0.0324. The lowest BCUT2D eigenvalue weighted by molar-refractivity contribution is -0.143. The summed E-state index contributed by atoms with van der Waals surface area (Å²) in [6.07, 6.45) is 0.565. The molecule has 0 aromatic carbocycles. The van der Waals surface area contributed by atoms with Gasteiger partial charge >= 0.3 is 5.97 Å². The van der Waals surface area contributed by atoms with Gasteiger partial charge in [-0.3, -0.25) is 4.79 Å². The van der Waals surface area contributed by atoms with Gasteiger partial charge in [-0.05, 0) is 33.6 Å². The zero-order chi connectivity index (χ0) is 11.9. The second kappa shape index (κ2) is 6.53. The molecule has 0 rings (SSSR count). The molecule has 0 saturated carbocycles. The number of alkyl halides is 1. The Kier molecular flexibility index (Phi) is 6.13. The summed E-state index contributed by atoms with van der Waals surface area (Å²) < 4.78 is 18.4. The van der Waals surface area contributed by atoms with Gasteiger partial charge in [0.25, 0.3) is 0 Å². The number of esters is 1. The standard InChI is InChI=1S/C11H19FO3/c1-4-15-10(14)6-8-11(3,12)7-5-9(2)13/h4-8H2,1-3H3. The SMILES string of the molecule is CCOC(=O)CCC(C)(F)CCC(C)=O. The van der Waals surface area contributed by atoms with E-state index in [1.807, 2.05) is 0 Å². The fraction of sp³-hybridized carbons (Fsp3) is 0.818. The van der Waals surface area contributed by atoms with Gasteiger partial charge in [-0.1, -0.05) is 0 Å². The highest BCUT2D eigenvalue weighted by molar-refractivity contribution is 5.75. The van der Waals surface area contributed by atoms with Gasteiger partial charge < -0.3 is 9.53 Å². The van der Waals surface area contributed by atoms with E-state index in [0.29, 0.717) is 6.61 Å². The Hall–Kier alpha value is -0.930. The second-order valence-corrected chi connectivity index (χ2v) is 3.92. The molecule has 1 unspecified atom stereocenters. The lowest BCUT2D eigenvalue weighted by Gasteiger charge is -2.18. The maximum atomic E-state index is 13.7. The van der Waals surface area contributed by atoms with E-state index in [1.165, 1.54) is 13.8 Å². The van der Waals surface area contributed by atoms with Crippen molar-refractivity contribution in [2.24, 2.45) is 0 Å². The number of ether oxygens (including phenoxy) is 1. The van der Waals surface area contributed by atoms with E-state index in [9.17, 15) is 14.0 Å². The van der Waals surface area contributed by atoms with Gasteiger partial charge in [-0.2, -0.15) is 0 Å². The third kappa shape index (κ3) is 8.09. The van der Waals surface area contributed by atoms with Gasteiger partial charge in [0.2, 0.25) is 0 Å². The third-order valence-corrected chi connectivity index (χ3v) is 2.15. The average Bonchev–Trinajstić information content (AvgIpc) is 2.13. The van der Waals surface area contributed by atoms with Crippen LogP contribution in [0.2, 0.25) is 0 Å². The van der Waals surface area contributed by atoms with Crippen molar-refractivity contribution in [2.75, 3.05) is 6.61 Å². The van der Waals surface area contributed by atoms with E-state index in [4.69, 9.17) is 4.74 Å². The Balaban J connectivity index is 3.82. The van der Waals surface area contributed by atoms with E-state index >= 15 is 0 Å². The highest BCUT2D eigenvalue weighted by Gasteiger charge is 2.24. The van der Waals surface area contributed by atoms with Crippen molar-refractivity contribution in [3.05, 3.63) is 0 Å². The Morgan fingerprint density at radius 3 is 2.27 bits per heavy atom. The van der Waals surface area contributed by atoms with Crippen LogP contribution >= 0.6 is 0 Å². The molecule has 88 valence electrons. The Labute approximate surface area is 90.0 Å². The molecular formula is C11H19FO3. The van der Waals surface area contributed by atoms with Crippen LogP contribution < -0.4 is 0 Å². The molecule has 4 heteroatoms. The van der Waals surface area contributed by atoms with Gasteiger partial charge in [0.1, 0.15) is 11.5 Å². The fourth-order valence-electron chi connectivity index (χ4n) is 1.16. The lowest BCUT2D eigenvalue weighted by Crippen LogP contribution is -2.21. The molecule has 0 aliphatic carbocycles. The highest BCUT2D eigenvalue weighted by Crippen LogP contribution is 2.23. The molecule has 0 aliphatic heterocycles. The maximum absolute atomic E-state index is 13.7. The summed E-state index contributed by atoms with van der Waals surface area (Å²) >= 11 is 0. The summed E-state index contributed by atoms with van der Waals surface area (Å²) in [6, 6.07) is 0. The molecule has 0 aromatic heterocycles. The first kappa shape index (κ1) is 14.1. The molecule has 0 aromatic rings. The van der Waals surface area contributed by atoms with Crippen molar-refractivity contribution in [1.29, 1.82) is 0 Å². The van der Waals surface area contributed by atoms with Crippen molar-refractivity contribution in [2.45, 2.75) is 52.1 Å². The van der Waals surface area contributed by atoms with Crippen LogP contribution in [0.4, 0.5) is 4.39 Å². The van der Waals surface area contributed by atoms with E-state index < -0.39 is 5.67 Å². The normalized spacial score (nSPS) is 14.4. The fourth-order valence-corrected chi connectivity index (χ4v) is 1.16. The monoisotopic (exact) mass is 218 g/mol. The van der Waals surface area contributed by atoms with Crippen LogP contribution in [0.25, 0.3) is 0 Å². The smallest absolute Gasteiger partial charge is 0.305 e. The van der Waals surface area contributed by atoms with Crippen molar-refractivity contribution in [3.8, 4) is 0 Å². The molecule has 0 spiro atoms. The number of ketones is 1. The summed E-state index contributed by atoms with van der Waals surface area (Å²) in [5, 5.41) is 0. The van der Waals surface area contributed by atoms with E-state index in [1.54, 1.807) is 6.92 Å². The number of carbonyl (C=O) groups excluding carboxylic acids is 2. The van der Waals surface area contributed by atoms with Crippen LogP contribution in [-0.4, -0.2) is 24.0 Å². The summed E-state index contributed by atoms with van der Waals surface area (Å²) in [4.78, 5) is 21.6. The molecular weight excluding hydrogens is 199 g/mol. The van der Waals surface area contributed by atoms with Crippen molar-refractivity contribution >= 4 is 11.8 Å². The Bertz CT molecular complexity index is 224. The molecule has 15 heavy (non-hydrogen) atoms. The zero-order valence-electron chi connectivity index (χ0n) is 9.64. The molecule has 3 nitrogen and oxygen atoms in total. The van der Waals surface area contributed by atoms with Crippen molar-refractivity contribution in [3.63, 3.8) is 0 Å². The predicted molar refractivity (Wildman–Crippen MR) is 55.3 cm³/mol. The van der Waals surface area contributed by atoms with Gasteiger partial charge in [0, 0.05) is 12.8 Å². The number of rotatable bonds is 7. The summed E-state index contributed by atoms with van der Waals surface area (Å²) in [7, 11) is 0. The summed E-state index contributed by atoms with van der Waals surface area (Å²) in [6.45, 7) is 4.87. The molecule has 0 amide bonds. The van der Waals surface area contributed by atoms with Gasteiger partial charge in [-0.25, -0.2) is 4.39 Å². The minimum atomic E-state index is -1.46. The Morgan fingerprint density at radius 2 is 1.80 bits per heavy atom. The van der Waals surface area contributed by atoms with Gasteiger partial charge in [-0.15, -0.1) is 0 Å². The summed E-state index contributed by atoms with van der Waals surface area (Å²) in [5.74, 6) is -0.417. The molecule has 0 saturated heterocycles. The average molecular weight is 218 g/mol. The van der Waals surface area contributed by atoms with Crippen molar-refractivity contribution < 1.29 is 18.7 Å². The molecule has 0 fully saturated rings. The first-order valence-electron chi connectivity index (χ1n) is 5.21. The van der Waals surface area contributed by atoms with Crippen LogP contribution in [0.3, 0.4) is 0 Å². The Morgan fingerprint density at radius 1 is 1.27 bits per heavy atom. The maximum Gasteiger partial charge on any atom is 0.305 e. The number of Topliss-reactive ketones (excluding diaryl/α,β-unsaturated/α-hetero) is 1. The third-order valence-electron chi connectivity index (χ3n) is 2.15. The van der Waals surface area contributed by atoms with Crippen LogP contribution in [0.1, 0.15) is 46.5 Å². The molecule has 0 heterocycles. The van der Waals surface area contributed by atoms with Crippen LogP contribution in [0, 0.1) is 0 Å². The van der Waals surface area contributed by atoms with Crippen LogP contribution in [0.5, 0.6) is 0 Å². The largest absolute Gasteiger partial charge is 0.466 e. The van der Waals surface area contributed by atoms with Crippen LogP contribution in [0.15, 0.2) is 0 Å². The number of hydrogen-bond acceptors (Lipinski definition) is 3. The van der Waals surface area contributed by atoms with E-state index in [-0.39, 0.29) is 37.4 Å². The first-order valence-corrected chi connectivity index (χ1v) is 5.21. The zero-order valence-corrected chi connectivity index (χ0v) is 9.64.